The van der Waals surface area contributed by atoms with E-state index in [9.17, 15) is 4.79 Å². The molecule has 0 saturated heterocycles. The van der Waals surface area contributed by atoms with Crippen molar-refractivity contribution in [3.05, 3.63) is 65.2 Å². The highest BCUT2D eigenvalue weighted by Gasteiger charge is 2.51. The third-order valence-electron chi connectivity index (χ3n) is 6.89. The zero-order valence-electron chi connectivity index (χ0n) is 15.8. The number of rotatable bonds is 4. The standard InChI is InChI=1S/C24H28O2/c1-23(17-25)13-6-14-24(2)21-15-20(11-9-19(21)10-12-22(23)24)26-16-18-7-4-3-5-8-18/h3-5,7-9,11,15,17,22H,6,10,12-14,16H2,1-2H3/t22-,23+,24+/m0/s1. The second-order valence-electron chi connectivity index (χ2n) is 8.58. The summed E-state index contributed by atoms with van der Waals surface area (Å²) in [6, 6.07) is 16.9. The fourth-order valence-corrected chi connectivity index (χ4v) is 5.46. The summed E-state index contributed by atoms with van der Waals surface area (Å²) in [5.41, 5.74) is 3.91. The first-order chi connectivity index (χ1) is 12.5. The molecule has 0 aliphatic heterocycles. The highest BCUT2D eigenvalue weighted by molar-refractivity contribution is 5.61. The lowest BCUT2D eigenvalue weighted by Crippen LogP contribution is -2.49. The summed E-state index contributed by atoms with van der Waals surface area (Å²) in [5.74, 6) is 1.37. The van der Waals surface area contributed by atoms with E-state index < -0.39 is 0 Å². The van der Waals surface area contributed by atoms with Crippen LogP contribution in [0.2, 0.25) is 0 Å². The van der Waals surface area contributed by atoms with Crippen molar-refractivity contribution in [2.24, 2.45) is 11.3 Å². The van der Waals surface area contributed by atoms with Crippen molar-refractivity contribution >= 4 is 6.29 Å². The molecule has 0 radical (unpaired) electrons. The SMILES string of the molecule is C[C@]1(C=O)CCC[C@]2(C)c3cc(OCc4ccccc4)ccc3CC[C@@H]12. The molecule has 0 spiro atoms. The summed E-state index contributed by atoms with van der Waals surface area (Å²) < 4.78 is 6.09. The minimum absolute atomic E-state index is 0.0770. The van der Waals surface area contributed by atoms with Crippen LogP contribution in [0.25, 0.3) is 0 Å². The number of carbonyl (C=O) groups is 1. The van der Waals surface area contributed by atoms with Crippen LogP contribution in [0.15, 0.2) is 48.5 Å². The van der Waals surface area contributed by atoms with Gasteiger partial charge in [0.2, 0.25) is 0 Å². The second-order valence-corrected chi connectivity index (χ2v) is 8.58. The largest absolute Gasteiger partial charge is 0.489 e. The van der Waals surface area contributed by atoms with Gasteiger partial charge in [-0.1, -0.05) is 56.7 Å². The van der Waals surface area contributed by atoms with E-state index in [0.29, 0.717) is 12.5 Å². The molecule has 4 rings (SSSR count). The lowest BCUT2D eigenvalue weighted by molar-refractivity contribution is -0.123. The van der Waals surface area contributed by atoms with Crippen molar-refractivity contribution < 1.29 is 9.53 Å². The maximum Gasteiger partial charge on any atom is 0.126 e. The Hall–Kier alpha value is -2.09. The lowest BCUT2D eigenvalue weighted by Gasteiger charge is -2.53. The Morgan fingerprint density at radius 3 is 2.69 bits per heavy atom. The summed E-state index contributed by atoms with van der Waals surface area (Å²) in [6.45, 7) is 5.13. The predicted molar refractivity (Wildman–Crippen MR) is 104 cm³/mol. The van der Waals surface area contributed by atoms with Crippen LogP contribution in [-0.4, -0.2) is 6.29 Å². The molecule has 2 aliphatic carbocycles. The van der Waals surface area contributed by atoms with Crippen LogP contribution in [0, 0.1) is 11.3 Å². The Balaban J connectivity index is 1.63. The molecule has 1 fully saturated rings. The van der Waals surface area contributed by atoms with Crippen LogP contribution in [0.4, 0.5) is 0 Å². The molecule has 0 amide bonds. The smallest absolute Gasteiger partial charge is 0.126 e. The van der Waals surface area contributed by atoms with E-state index in [4.69, 9.17) is 4.74 Å². The number of aldehydes is 1. The van der Waals surface area contributed by atoms with Gasteiger partial charge in [0, 0.05) is 5.41 Å². The molecule has 2 nitrogen and oxygen atoms in total. The molecule has 3 atom stereocenters. The highest BCUT2D eigenvalue weighted by Crippen LogP contribution is 2.56. The predicted octanol–water partition coefficient (Wildman–Crippen LogP) is 5.47. The minimum atomic E-state index is -0.189. The van der Waals surface area contributed by atoms with Crippen molar-refractivity contribution in [2.75, 3.05) is 0 Å². The van der Waals surface area contributed by atoms with E-state index >= 15 is 0 Å². The maximum absolute atomic E-state index is 11.9. The molecule has 0 heterocycles. The van der Waals surface area contributed by atoms with Gasteiger partial charge in [0.15, 0.2) is 0 Å². The highest BCUT2D eigenvalue weighted by atomic mass is 16.5. The number of hydrogen-bond donors (Lipinski definition) is 0. The average molecular weight is 348 g/mol. The van der Waals surface area contributed by atoms with Crippen molar-refractivity contribution in [3.8, 4) is 5.75 Å². The van der Waals surface area contributed by atoms with Crippen molar-refractivity contribution in [1.82, 2.24) is 0 Å². The molecule has 2 heteroatoms. The van der Waals surface area contributed by atoms with E-state index in [2.05, 4.69) is 44.2 Å². The van der Waals surface area contributed by atoms with Crippen LogP contribution in [0.3, 0.4) is 0 Å². The Morgan fingerprint density at radius 2 is 1.92 bits per heavy atom. The van der Waals surface area contributed by atoms with E-state index in [1.807, 2.05) is 18.2 Å². The van der Waals surface area contributed by atoms with Gasteiger partial charge < -0.3 is 9.53 Å². The molecule has 0 N–H and O–H groups in total. The lowest BCUT2D eigenvalue weighted by atomic mass is 9.50. The molecule has 2 aromatic rings. The van der Waals surface area contributed by atoms with Crippen LogP contribution in [0.5, 0.6) is 5.75 Å². The fraction of sp³-hybridized carbons (Fsp3) is 0.458. The van der Waals surface area contributed by atoms with Crippen LogP contribution < -0.4 is 4.74 Å². The summed E-state index contributed by atoms with van der Waals surface area (Å²) >= 11 is 0. The van der Waals surface area contributed by atoms with Gasteiger partial charge >= 0.3 is 0 Å². The first kappa shape index (κ1) is 17.3. The number of hydrogen-bond acceptors (Lipinski definition) is 2. The molecule has 1 saturated carbocycles. The molecule has 0 bridgehead atoms. The third kappa shape index (κ3) is 2.86. The van der Waals surface area contributed by atoms with E-state index in [1.165, 1.54) is 23.0 Å². The number of fused-ring (bicyclic) bond motifs is 3. The van der Waals surface area contributed by atoms with E-state index in [1.54, 1.807) is 0 Å². The summed E-state index contributed by atoms with van der Waals surface area (Å²) in [6.07, 6.45) is 6.72. The average Bonchev–Trinajstić information content (AvgIpc) is 2.67. The third-order valence-corrected chi connectivity index (χ3v) is 6.89. The Kier molecular flexibility index (Phi) is 4.38. The van der Waals surface area contributed by atoms with Gasteiger partial charge in [-0.2, -0.15) is 0 Å². The summed E-state index contributed by atoms with van der Waals surface area (Å²) in [7, 11) is 0. The van der Waals surface area contributed by atoms with Gasteiger partial charge in [-0.3, -0.25) is 0 Å². The van der Waals surface area contributed by atoms with Gasteiger partial charge in [-0.25, -0.2) is 0 Å². The van der Waals surface area contributed by atoms with Crippen molar-refractivity contribution in [1.29, 1.82) is 0 Å². The monoisotopic (exact) mass is 348 g/mol. The summed E-state index contributed by atoms with van der Waals surface area (Å²) in [5, 5.41) is 0. The van der Waals surface area contributed by atoms with Crippen molar-refractivity contribution in [3.63, 3.8) is 0 Å². The molecule has 2 aliphatic rings. The zero-order valence-corrected chi connectivity index (χ0v) is 15.8. The van der Waals surface area contributed by atoms with E-state index in [0.717, 1.165) is 37.9 Å². The minimum Gasteiger partial charge on any atom is -0.489 e. The fourth-order valence-electron chi connectivity index (χ4n) is 5.46. The molecule has 136 valence electrons. The van der Waals surface area contributed by atoms with E-state index in [-0.39, 0.29) is 10.8 Å². The molecular weight excluding hydrogens is 320 g/mol. The first-order valence-electron chi connectivity index (χ1n) is 9.82. The topological polar surface area (TPSA) is 26.3 Å². The summed E-state index contributed by atoms with van der Waals surface area (Å²) in [4.78, 5) is 11.9. The van der Waals surface area contributed by atoms with Gasteiger partial charge in [0.05, 0.1) is 0 Å². The normalized spacial score (nSPS) is 30.2. The Morgan fingerprint density at radius 1 is 1.12 bits per heavy atom. The number of aryl methyl sites for hydroxylation is 1. The molecule has 2 aromatic carbocycles. The number of ether oxygens (including phenoxy) is 1. The molecule has 0 aromatic heterocycles. The van der Waals surface area contributed by atoms with Crippen LogP contribution in [-0.2, 0) is 23.2 Å². The zero-order chi connectivity index (χ0) is 18.2. The Bertz CT molecular complexity index is 797. The van der Waals surface area contributed by atoms with Gasteiger partial charge in [-0.15, -0.1) is 0 Å². The van der Waals surface area contributed by atoms with Gasteiger partial charge in [-0.05, 0) is 65.8 Å². The second kappa shape index (κ2) is 6.57. The Labute approximate surface area is 156 Å². The van der Waals surface area contributed by atoms with Crippen LogP contribution >= 0.6 is 0 Å². The quantitative estimate of drug-likeness (QED) is 0.684. The van der Waals surface area contributed by atoms with Gasteiger partial charge in [0.1, 0.15) is 18.6 Å². The van der Waals surface area contributed by atoms with Crippen molar-refractivity contribution in [2.45, 2.75) is 58.0 Å². The number of benzene rings is 2. The molecule has 26 heavy (non-hydrogen) atoms. The first-order valence-corrected chi connectivity index (χ1v) is 9.82. The van der Waals surface area contributed by atoms with Crippen LogP contribution in [0.1, 0.15) is 56.2 Å². The number of carbonyl (C=O) groups excluding carboxylic acids is 1. The molecular formula is C24H28O2. The molecule has 0 unspecified atom stereocenters. The van der Waals surface area contributed by atoms with Gasteiger partial charge in [0.25, 0.3) is 0 Å². The maximum atomic E-state index is 11.9.